The number of amides is 2. The SMILES string of the molecule is CC1=C2C(=O)[C@H]3[C@@H]([C@H]2[C@H]2C(=O)NC(=O)[C@H]2C1)[C@@H]1C=C[C@H]3C1. The van der Waals surface area contributed by atoms with Crippen molar-refractivity contribution in [3.05, 3.63) is 23.3 Å². The summed E-state index contributed by atoms with van der Waals surface area (Å²) < 4.78 is 0. The van der Waals surface area contributed by atoms with Crippen LogP contribution in [-0.4, -0.2) is 17.6 Å². The van der Waals surface area contributed by atoms with E-state index >= 15 is 0 Å². The fraction of sp³-hybridized carbons (Fsp3) is 0.588. The zero-order valence-electron chi connectivity index (χ0n) is 11.8. The molecule has 4 heteroatoms. The second-order valence-corrected chi connectivity index (χ2v) is 7.33. The summed E-state index contributed by atoms with van der Waals surface area (Å²) in [6.45, 7) is 1.98. The van der Waals surface area contributed by atoms with Crippen LogP contribution in [0.4, 0.5) is 0 Å². The van der Waals surface area contributed by atoms with Gasteiger partial charge >= 0.3 is 0 Å². The molecule has 0 unspecified atom stereocenters. The maximum atomic E-state index is 12.9. The first-order valence-electron chi connectivity index (χ1n) is 7.85. The molecule has 1 aliphatic heterocycles. The van der Waals surface area contributed by atoms with E-state index in [2.05, 4.69) is 17.5 Å². The molecule has 2 amide bonds. The molecule has 7 atom stereocenters. The van der Waals surface area contributed by atoms with Crippen LogP contribution in [0.5, 0.6) is 0 Å². The maximum Gasteiger partial charge on any atom is 0.231 e. The number of hydrogen-bond acceptors (Lipinski definition) is 3. The summed E-state index contributed by atoms with van der Waals surface area (Å²) in [5.41, 5.74) is 1.94. The standard InChI is InChI=1S/C17H17NO3/c1-6-4-9-13(17(21)18-16(9)20)14-10(6)15(19)12-8-3-2-7(5-8)11(12)14/h2-3,7-9,11-14H,4-5H2,1H3,(H,18,20,21)/t7-,8+,9+,11+,12-,13+,14+/m1/s1. The third-order valence-corrected chi connectivity index (χ3v) is 6.53. The lowest BCUT2D eigenvalue weighted by molar-refractivity contribution is -0.126. The fourth-order valence-corrected chi connectivity index (χ4v) is 5.89. The minimum absolute atomic E-state index is 0.0207. The Kier molecular flexibility index (Phi) is 2.01. The van der Waals surface area contributed by atoms with Crippen molar-refractivity contribution in [2.75, 3.05) is 0 Å². The van der Waals surface area contributed by atoms with E-state index in [-0.39, 0.29) is 47.2 Å². The molecule has 0 spiro atoms. The van der Waals surface area contributed by atoms with Gasteiger partial charge in [-0.15, -0.1) is 0 Å². The smallest absolute Gasteiger partial charge is 0.231 e. The van der Waals surface area contributed by atoms with E-state index in [4.69, 9.17) is 0 Å². The van der Waals surface area contributed by atoms with E-state index in [1.54, 1.807) is 0 Å². The molecule has 108 valence electrons. The van der Waals surface area contributed by atoms with Gasteiger partial charge in [-0.1, -0.05) is 17.7 Å². The van der Waals surface area contributed by atoms with E-state index in [1.807, 2.05) is 6.92 Å². The number of rotatable bonds is 0. The molecule has 4 nitrogen and oxygen atoms in total. The molecular weight excluding hydrogens is 266 g/mol. The Balaban J connectivity index is 1.69. The van der Waals surface area contributed by atoms with Crippen molar-refractivity contribution in [2.45, 2.75) is 19.8 Å². The van der Waals surface area contributed by atoms with Crippen LogP contribution in [-0.2, 0) is 14.4 Å². The van der Waals surface area contributed by atoms with E-state index in [0.717, 1.165) is 17.6 Å². The van der Waals surface area contributed by atoms with Gasteiger partial charge in [-0.25, -0.2) is 0 Å². The van der Waals surface area contributed by atoms with Gasteiger partial charge < -0.3 is 0 Å². The first kappa shape index (κ1) is 11.9. The maximum absolute atomic E-state index is 12.9. The van der Waals surface area contributed by atoms with Gasteiger partial charge in [-0.05, 0) is 43.1 Å². The second kappa shape index (κ2) is 3.54. The summed E-state index contributed by atoms with van der Waals surface area (Å²) in [4.78, 5) is 37.2. The van der Waals surface area contributed by atoms with Crippen molar-refractivity contribution in [1.82, 2.24) is 5.32 Å². The number of Topliss-reactive ketones (excluding diaryl/α,β-unsaturated/α-hetero) is 1. The molecule has 0 radical (unpaired) electrons. The van der Waals surface area contributed by atoms with Crippen LogP contribution >= 0.6 is 0 Å². The Morgan fingerprint density at radius 3 is 2.57 bits per heavy atom. The quantitative estimate of drug-likeness (QED) is 0.537. The molecule has 5 rings (SSSR count). The average Bonchev–Trinajstić information content (AvgIpc) is 3.15. The molecule has 4 aliphatic carbocycles. The number of carbonyl (C=O) groups excluding carboxylic acids is 3. The molecule has 21 heavy (non-hydrogen) atoms. The molecule has 1 N–H and O–H groups in total. The highest BCUT2D eigenvalue weighted by Crippen LogP contribution is 2.63. The summed E-state index contributed by atoms with van der Waals surface area (Å²) in [7, 11) is 0. The molecule has 0 aromatic carbocycles. The summed E-state index contributed by atoms with van der Waals surface area (Å²) in [5.74, 6) is 0.497. The molecule has 3 fully saturated rings. The topological polar surface area (TPSA) is 63.2 Å². The van der Waals surface area contributed by atoms with Crippen LogP contribution < -0.4 is 5.32 Å². The largest absolute Gasteiger partial charge is 0.296 e. The van der Waals surface area contributed by atoms with Gasteiger partial charge in [0, 0.05) is 11.8 Å². The zero-order chi connectivity index (χ0) is 14.5. The molecular formula is C17H17NO3. The summed E-state index contributed by atoms with van der Waals surface area (Å²) in [5, 5.41) is 2.50. The molecule has 0 aromatic heterocycles. The van der Waals surface area contributed by atoms with Gasteiger partial charge in [0.15, 0.2) is 5.78 Å². The highest BCUT2D eigenvalue weighted by atomic mass is 16.2. The fourth-order valence-electron chi connectivity index (χ4n) is 5.89. The number of ketones is 1. The van der Waals surface area contributed by atoms with Crippen LogP contribution in [0.25, 0.3) is 0 Å². The Morgan fingerprint density at radius 1 is 1.00 bits per heavy atom. The summed E-state index contributed by atoms with van der Waals surface area (Å²) in [6, 6.07) is 0. The Hall–Kier alpha value is -1.71. The average molecular weight is 283 g/mol. The minimum atomic E-state index is -0.303. The lowest BCUT2D eigenvalue weighted by atomic mass is 9.66. The van der Waals surface area contributed by atoms with Crippen LogP contribution in [0, 0.1) is 41.4 Å². The number of hydrogen-bond donors (Lipinski definition) is 1. The lowest BCUT2D eigenvalue weighted by Gasteiger charge is -2.34. The van der Waals surface area contributed by atoms with Crippen molar-refractivity contribution < 1.29 is 14.4 Å². The van der Waals surface area contributed by atoms with Gasteiger partial charge in [0.1, 0.15) is 0 Å². The van der Waals surface area contributed by atoms with E-state index in [1.165, 1.54) is 0 Å². The van der Waals surface area contributed by atoms with Crippen LogP contribution in [0.1, 0.15) is 19.8 Å². The van der Waals surface area contributed by atoms with Crippen molar-refractivity contribution in [3.8, 4) is 0 Å². The van der Waals surface area contributed by atoms with Gasteiger partial charge in [0.25, 0.3) is 0 Å². The predicted octanol–water partition coefficient (Wildman–Crippen LogP) is 1.23. The van der Waals surface area contributed by atoms with Crippen molar-refractivity contribution in [2.24, 2.45) is 41.4 Å². The monoisotopic (exact) mass is 283 g/mol. The van der Waals surface area contributed by atoms with Gasteiger partial charge in [-0.3, -0.25) is 19.7 Å². The second-order valence-electron chi connectivity index (χ2n) is 7.33. The Morgan fingerprint density at radius 2 is 1.76 bits per heavy atom. The van der Waals surface area contributed by atoms with Crippen molar-refractivity contribution in [3.63, 3.8) is 0 Å². The van der Waals surface area contributed by atoms with E-state index in [9.17, 15) is 14.4 Å². The van der Waals surface area contributed by atoms with Gasteiger partial charge in [0.05, 0.1) is 11.8 Å². The molecule has 0 aromatic rings. The number of nitrogens with one attached hydrogen (secondary N) is 1. The van der Waals surface area contributed by atoms with E-state index in [0.29, 0.717) is 18.3 Å². The summed E-state index contributed by atoms with van der Waals surface area (Å²) in [6.07, 6.45) is 6.04. The Bertz CT molecular complexity index is 674. The normalized spacial score (nSPS) is 49.6. The summed E-state index contributed by atoms with van der Waals surface area (Å²) >= 11 is 0. The minimum Gasteiger partial charge on any atom is -0.296 e. The first-order chi connectivity index (χ1) is 10.1. The van der Waals surface area contributed by atoms with Crippen molar-refractivity contribution >= 4 is 17.6 Å². The van der Waals surface area contributed by atoms with Crippen LogP contribution in [0.3, 0.4) is 0 Å². The van der Waals surface area contributed by atoms with Gasteiger partial charge in [0.2, 0.25) is 11.8 Å². The molecule has 1 saturated heterocycles. The number of carbonyl (C=O) groups is 3. The highest BCUT2D eigenvalue weighted by molar-refractivity contribution is 6.09. The molecule has 1 heterocycles. The predicted molar refractivity (Wildman–Crippen MR) is 73.7 cm³/mol. The number of imide groups is 1. The third-order valence-electron chi connectivity index (χ3n) is 6.53. The van der Waals surface area contributed by atoms with E-state index < -0.39 is 0 Å². The molecule has 5 aliphatic rings. The Labute approximate surface area is 122 Å². The third kappa shape index (κ3) is 1.21. The highest BCUT2D eigenvalue weighted by Gasteiger charge is 2.64. The number of fused-ring (bicyclic) bond motifs is 9. The van der Waals surface area contributed by atoms with Crippen LogP contribution in [0.15, 0.2) is 23.3 Å². The van der Waals surface area contributed by atoms with Crippen molar-refractivity contribution in [1.29, 1.82) is 0 Å². The van der Waals surface area contributed by atoms with Gasteiger partial charge in [-0.2, -0.15) is 0 Å². The molecule has 2 saturated carbocycles. The van der Waals surface area contributed by atoms with Crippen LogP contribution in [0.2, 0.25) is 0 Å². The molecule has 2 bridgehead atoms. The lowest BCUT2D eigenvalue weighted by Crippen LogP contribution is -2.36. The first-order valence-corrected chi connectivity index (χ1v) is 7.85. The zero-order valence-corrected chi connectivity index (χ0v) is 11.8. The number of allylic oxidation sites excluding steroid dienone is 4.